The van der Waals surface area contributed by atoms with E-state index in [9.17, 15) is 9.59 Å². The molecule has 3 atom stereocenters. The third-order valence-corrected chi connectivity index (χ3v) is 8.42. The van der Waals surface area contributed by atoms with E-state index in [0.29, 0.717) is 19.4 Å². The van der Waals surface area contributed by atoms with Gasteiger partial charge in [-0.2, -0.15) is 0 Å². The van der Waals surface area contributed by atoms with Crippen LogP contribution in [0, 0.1) is 0 Å². The standard InChI is InChI=1S/C31H33N3O2/c1-31-17-7-11-22-20-23(15-16-24(22)29(31)33-26-13-6-5-12-25(26)31)32-30(36)27-14-8-18-34(27)28(35)19-21-9-3-2-4-10-21/h2-6,9-10,12-13,15-16,20,27,29,33H,7-8,11,14,17-19H2,1H3,(H,32,36)/t27-,29?,31?/m0/s1. The quantitative estimate of drug-likeness (QED) is 0.511. The van der Waals surface area contributed by atoms with Crippen LogP contribution in [-0.2, 0) is 27.8 Å². The first-order chi connectivity index (χ1) is 17.5. The molecular formula is C31H33N3O2. The van der Waals surface area contributed by atoms with Crippen molar-refractivity contribution in [3.05, 3.63) is 95.1 Å². The van der Waals surface area contributed by atoms with E-state index in [0.717, 1.165) is 36.9 Å². The van der Waals surface area contributed by atoms with Crippen molar-refractivity contribution in [3.63, 3.8) is 0 Å². The van der Waals surface area contributed by atoms with Crippen molar-refractivity contribution >= 4 is 23.2 Å². The highest BCUT2D eigenvalue weighted by Crippen LogP contribution is 2.53. The van der Waals surface area contributed by atoms with Gasteiger partial charge in [-0.25, -0.2) is 0 Å². The lowest BCUT2D eigenvalue weighted by atomic mass is 9.74. The Morgan fingerprint density at radius 3 is 2.69 bits per heavy atom. The van der Waals surface area contributed by atoms with E-state index in [1.807, 2.05) is 36.4 Å². The summed E-state index contributed by atoms with van der Waals surface area (Å²) in [4.78, 5) is 28.0. The Morgan fingerprint density at radius 1 is 1.03 bits per heavy atom. The number of carbonyl (C=O) groups excluding carboxylic acids is 2. The Hall–Kier alpha value is -3.60. The molecule has 6 rings (SSSR count). The predicted molar refractivity (Wildman–Crippen MR) is 143 cm³/mol. The maximum atomic E-state index is 13.3. The molecule has 36 heavy (non-hydrogen) atoms. The van der Waals surface area contributed by atoms with Crippen LogP contribution in [0.4, 0.5) is 11.4 Å². The van der Waals surface area contributed by atoms with Crippen LogP contribution in [0.5, 0.6) is 0 Å². The fourth-order valence-electron chi connectivity index (χ4n) is 6.54. The zero-order valence-electron chi connectivity index (χ0n) is 20.8. The van der Waals surface area contributed by atoms with Crippen molar-refractivity contribution in [2.75, 3.05) is 17.2 Å². The lowest BCUT2D eigenvalue weighted by Gasteiger charge is -2.31. The topological polar surface area (TPSA) is 61.4 Å². The van der Waals surface area contributed by atoms with Crippen molar-refractivity contribution in [1.82, 2.24) is 4.90 Å². The first-order valence-corrected chi connectivity index (χ1v) is 13.2. The third-order valence-electron chi connectivity index (χ3n) is 8.42. The number of amides is 2. The molecule has 1 fully saturated rings. The van der Waals surface area contributed by atoms with Crippen LogP contribution in [0.1, 0.15) is 60.9 Å². The number of nitrogens with zero attached hydrogens (tertiary/aromatic N) is 1. The monoisotopic (exact) mass is 479 g/mol. The Bertz CT molecular complexity index is 1300. The summed E-state index contributed by atoms with van der Waals surface area (Å²) in [5.74, 6) is -0.0642. The Labute approximate surface area is 212 Å². The van der Waals surface area contributed by atoms with E-state index in [4.69, 9.17) is 0 Å². The van der Waals surface area contributed by atoms with Crippen molar-refractivity contribution in [1.29, 1.82) is 0 Å². The van der Waals surface area contributed by atoms with Gasteiger partial charge in [0.2, 0.25) is 11.8 Å². The SMILES string of the molecule is CC12CCCc3cc(NC(=O)[C@@H]4CCCN4C(=O)Cc4ccccc4)ccc3C1Nc1ccccc12. The van der Waals surface area contributed by atoms with E-state index in [1.165, 1.54) is 22.4 Å². The summed E-state index contributed by atoms with van der Waals surface area (Å²) < 4.78 is 0. The highest BCUT2D eigenvalue weighted by Gasteiger charge is 2.45. The van der Waals surface area contributed by atoms with Crippen LogP contribution in [0.15, 0.2) is 72.8 Å². The molecule has 2 unspecified atom stereocenters. The van der Waals surface area contributed by atoms with E-state index < -0.39 is 6.04 Å². The fraction of sp³-hybridized carbons (Fsp3) is 0.355. The second kappa shape index (κ2) is 9.12. The zero-order chi connectivity index (χ0) is 24.7. The maximum absolute atomic E-state index is 13.3. The Kier molecular flexibility index (Phi) is 5.79. The molecule has 1 aliphatic carbocycles. The van der Waals surface area contributed by atoms with Crippen LogP contribution in [-0.4, -0.2) is 29.3 Å². The van der Waals surface area contributed by atoms with Gasteiger partial charge in [-0.1, -0.05) is 61.5 Å². The second-order valence-electron chi connectivity index (χ2n) is 10.7. The van der Waals surface area contributed by atoms with E-state index in [2.05, 4.69) is 54.0 Å². The van der Waals surface area contributed by atoms with Crippen molar-refractivity contribution in [2.24, 2.45) is 0 Å². The first kappa shape index (κ1) is 22.8. The number of aryl methyl sites for hydroxylation is 1. The minimum absolute atomic E-state index is 0.0203. The lowest BCUT2D eigenvalue weighted by molar-refractivity contribution is -0.136. The van der Waals surface area contributed by atoms with Gasteiger partial charge in [0.05, 0.1) is 12.5 Å². The second-order valence-corrected chi connectivity index (χ2v) is 10.7. The van der Waals surface area contributed by atoms with E-state index >= 15 is 0 Å². The average molecular weight is 480 g/mol. The molecule has 0 saturated carbocycles. The lowest BCUT2D eigenvalue weighted by Crippen LogP contribution is -2.43. The number of fused-ring (bicyclic) bond motifs is 5. The molecule has 0 aromatic heterocycles. The van der Waals surface area contributed by atoms with Gasteiger partial charge in [0.25, 0.3) is 0 Å². The first-order valence-electron chi connectivity index (χ1n) is 13.2. The summed E-state index contributed by atoms with van der Waals surface area (Å²) in [6.07, 6.45) is 5.13. The molecule has 2 heterocycles. The molecule has 5 nitrogen and oxygen atoms in total. The molecule has 2 N–H and O–H groups in total. The summed E-state index contributed by atoms with van der Waals surface area (Å²) in [5.41, 5.74) is 7.12. The summed E-state index contributed by atoms with van der Waals surface area (Å²) >= 11 is 0. The Balaban J connectivity index is 1.19. The average Bonchev–Trinajstić information content (AvgIpc) is 3.46. The number of nitrogens with one attached hydrogen (secondary N) is 2. The van der Waals surface area contributed by atoms with E-state index in [-0.39, 0.29) is 23.3 Å². The van der Waals surface area contributed by atoms with Gasteiger partial charge in [-0.15, -0.1) is 0 Å². The summed E-state index contributed by atoms with van der Waals surface area (Å²) in [5, 5.41) is 6.92. The molecule has 0 spiro atoms. The smallest absolute Gasteiger partial charge is 0.247 e. The van der Waals surface area contributed by atoms with Gasteiger partial charge < -0.3 is 15.5 Å². The molecule has 0 bridgehead atoms. The minimum Gasteiger partial charge on any atom is -0.377 e. The van der Waals surface area contributed by atoms with Gasteiger partial charge >= 0.3 is 0 Å². The van der Waals surface area contributed by atoms with Gasteiger partial charge in [0.1, 0.15) is 6.04 Å². The van der Waals surface area contributed by atoms with Gasteiger partial charge in [0, 0.05) is 23.3 Å². The van der Waals surface area contributed by atoms with Crippen molar-refractivity contribution < 1.29 is 9.59 Å². The zero-order valence-corrected chi connectivity index (χ0v) is 20.8. The number of para-hydroxylation sites is 1. The number of hydrogen-bond acceptors (Lipinski definition) is 3. The van der Waals surface area contributed by atoms with Crippen LogP contribution >= 0.6 is 0 Å². The van der Waals surface area contributed by atoms with E-state index in [1.54, 1.807) is 4.90 Å². The molecule has 3 aliphatic rings. The maximum Gasteiger partial charge on any atom is 0.247 e. The van der Waals surface area contributed by atoms with Crippen LogP contribution in [0.3, 0.4) is 0 Å². The fourth-order valence-corrected chi connectivity index (χ4v) is 6.54. The number of carbonyl (C=O) groups is 2. The molecule has 5 heteroatoms. The molecule has 184 valence electrons. The van der Waals surface area contributed by atoms with Crippen molar-refractivity contribution in [3.8, 4) is 0 Å². The number of likely N-dealkylation sites (tertiary alicyclic amines) is 1. The molecule has 3 aromatic carbocycles. The minimum atomic E-state index is -0.408. The largest absolute Gasteiger partial charge is 0.377 e. The summed E-state index contributed by atoms with van der Waals surface area (Å²) in [6.45, 7) is 3.02. The third kappa shape index (κ3) is 3.97. The molecule has 3 aromatic rings. The van der Waals surface area contributed by atoms with Gasteiger partial charge in [-0.3, -0.25) is 9.59 Å². The molecule has 2 aliphatic heterocycles. The van der Waals surface area contributed by atoms with Crippen molar-refractivity contribution in [2.45, 2.75) is 62.9 Å². The molecule has 1 saturated heterocycles. The van der Waals surface area contributed by atoms with Crippen LogP contribution in [0.2, 0.25) is 0 Å². The highest BCUT2D eigenvalue weighted by molar-refractivity contribution is 5.98. The number of rotatable bonds is 4. The molecule has 2 amide bonds. The molecule has 0 radical (unpaired) electrons. The predicted octanol–water partition coefficient (Wildman–Crippen LogP) is 5.62. The van der Waals surface area contributed by atoms with Crippen LogP contribution in [0.25, 0.3) is 0 Å². The van der Waals surface area contributed by atoms with Crippen LogP contribution < -0.4 is 10.6 Å². The number of benzene rings is 3. The Morgan fingerprint density at radius 2 is 1.83 bits per heavy atom. The number of hydrogen-bond donors (Lipinski definition) is 2. The highest BCUT2D eigenvalue weighted by atomic mass is 16.2. The van der Waals surface area contributed by atoms with Gasteiger partial charge in [-0.05, 0) is 72.6 Å². The molecular weight excluding hydrogens is 446 g/mol. The number of anilines is 2. The summed E-state index contributed by atoms with van der Waals surface area (Å²) in [7, 11) is 0. The normalized spacial score (nSPS) is 24.2. The van der Waals surface area contributed by atoms with Gasteiger partial charge in [0.15, 0.2) is 0 Å². The summed E-state index contributed by atoms with van der Waals surface area (Å²) in [6, 6.07) is 24.6.